The molecule has 2 heterocycles. The molecule has 0 saturated carbocycles. The lowest BCUT2D eigenvalue weighted by molar-refractivity contribution is -0.151. The Labute approximate surface area is 168 Å². The van der Waals surface area contributed by atoms with Crippen LogP contribution in [-0.2, 0) is 14.3 Å². The highest BCUT2D eigenvalue weighted by atomic mass is 35.5. The van der Waals surface area contributed by atoms with E-state index in [-0.39, 0.29) is 5.15 Å². The zero-order valence-corrected chi connectivity index (χ0v) is 16.2. The molecule has 1 atom stereocenters. The molecule has 0 bridgehead atoms. The first-order chi connectivity index (χ1) is 13.5. The number of hydrogen-bond acceptors (Lipinski definition) is 6. The number of esters is 1. The molecule has 144 valence electrons. The van der Waals surface area contributed by atoms with Gasteiger partial charge in [0.05, 0.1) is 5.69 Å². The molecule has 0 spiro atoms. The lowest BCUT2D eigenvalue weighted by Crippen LogP contribution is -2.41. The molecule has 3 aromatic rings. The average Bonchev–Trinajstić information content (AvgIpc) is 3.25. The van der Waals surface area contributed by atoms with Gasteiger partial charge in [0.25, 0.3) is 5.91 Å². The Kier molecular flexibility index (Phi) is 6.07. The van der Waals surface area contributed by atoms with E-state index in [1.54, 1.807) is 40.9 Å². The summed E-state index contributed by atoms with van der Waals surface area (Å²) in [6.07, 6.45) is 3.08. The number of thiazole rings is 1. The van der Waals surface area contributed by atoms with Gasteiger partial charge in [-0.05, 0) is 6.08 Å². The summed E-state index contributed by atoms with van der Waals surface area (Å²) in [5.74, 6) is -1.54. The van der Waals surface area contributed by atoms with Gasteiger partial charge in [0.1, 0.15) is 0 Å². The van der Waals surface area contributed by atoms with Crippen LogP contribution in [0.25, 0.3) is 11.0 Å². The van der Waals surface area contributed by atoms with Crippen molar-refractivity contribution in [3.8, 4) is 0 Å². The highest BCUT2D eigenvalue weighted by Gasteiger charge is 2.25. The SMILES string of the molecule is CNC(=O)NC(=O)[C@H](OC(=O)/C=C/c1c(Cl)nc2sccn12)c1ccccc1. The van der Waals surface area contributed by atoms with Gasteiger partial charge in [-0.15, -0.1) is 11.3 Å². The summed E-state index contributed by atoms with van der Waals surface area (Å²) in [6, 6.07) is 7.68. The predicted octanol–water partition coefficient (Wildman–Crippen LogP) is 2.80. The minimum Gasteiger partial charge on any atom is -0.444 e. The molecule has 1 aromatic carbocycles. The minimum atomic E-state index is -1.29. The highest BCUT2D eigenvalue weighted by molar-refractivity contribution is 7.15. The first kappa shape index (κ1) is 19.6. The standard InChI is InChI=1S/C18H15ClN4O4S/c1-20-17(26)22-16(25)14(11-5-3-2-4-6-11)27-13(24)8-7-12-15(19)21-18-23(12)9-10-28-18/h2-10,14H,1H3,(H2,20,22,25,26)/b8-7+/t14-/m1/s1. The number of nitrogens with zero attached hydrogens (tertiary/aromatic N) is 2. The second-order valence-corrected chi connectivity index (χ2v) is 6.70. The molecule has 0 aliphatic rings. The molecule has 0 aliphatic heterocycles. The van der Waals surface area contributed by atoms with Gasteiger partial charge in [-0.1, -0.05) is 41.9 Å². The Bertz CT molecular complexity index is 1040. The van der Waals surface area contributed by atoms with Gasteiger partial charge in [0.2, 0.25) is 6.10 Å². The summed E-state index contributed by atoms with van der Waals surface area (Å²) < 4.78 is 7.01. The molecule has 0 fully saturated rings. The van der Waals surface area contributed by atoms with E-state index in [0.717, 1.165) is 6.08 Å². The second-order valence-electron chi connectivity index (χ2n) is 5.47. The van der Waals surface area contributed by atoms with Gasteiger partial charge < -0.3 is 10.1 Å². The van der Waals surface area contributed by atoms with E-state index in [2.05, 4.69) is 15.6 Å². The summed E-state index contributed by atoms with van der Waals surface area (Å²) in [5, 5.41) is 6.46. The van der Waals surface area contributed by atoms with Crippen LogP contribution in [0.1, 0.15) is 17.4 Å². The van der Waals surface area contributed by atoms with Crippen molar-refractivity contribution in [2.45, 2.75) is 6.10 Å². The summed E-state index contributed by atoms with van der Waals surface area (Å²) in [6.45, 7) is 0. The first-order valence-corrected chi connectivity index (χ1v) is 9.32. The number of imidazole rings is 1. The van der Waals surface area contributed by atoms with Crippen molar-refractivity contribution in [2.24, 2.45) is 0 Å². The Balaban J connectivity index is 1.79. The summed E-state index contributed by atoms with van der Waals surface area (Å²) in [5.41, 5.74) is 0.939. The van der Waals surface area contributed by atoms with E-state index >= 15 is 0 Å². The van der Waals surface area contributed by atoms with Crippen molar-refractivity contribution in [2.75, 3.05) is 7.05 Å². The number of carbonyl (C=O) groups is 3. The number of nitrogens with one attached hydrogen (secondary N) is 2. The molecule has 0 saturated heterocycles. The third-order valence-corrected chi connectivity index (χ3v) is 4.70. The second kappa shape index (κ2) is 8.68. The molecule has 0 unspecified atom stereocenters. The quantitative estimate of drug-likeness (QED) is 0.490. The fourth-order valence-electron chi connectivity index (χ4n) is 2.37. The molecule has 3 rings (SSSR count). The van der Waals surface area contributed by atoms with Crippen molar-refractivity contribution < 1.29 is 19.1 Å². The van der Waals surface area contributed by atoms with Crippen LogP contribution in [0, 0.1) is 0 Å². The molecule has 2 N–H and O–H groups in total. The number of fused-ring (bicyclic) bond motifs is 1. The smallest absolute Gasteiger partial charge is 0.331 e. The van der Waals surface area contributed by atoms with Gasteiger partial charge in [0, 0.05) is 30.3 Å². The fraction of sp³-hybridized carbons (Fsp3) is 0.111. The van der Waals surface area contributed by atoms with Crippen LogP contribution in [0.3, 0.4) is 0 Å². The van der Waals surface area contributed by atoms with E-state index in [1.165, 1.54) is 24.5 Å². The minimum absolute atomic E-state index is 0.243. The normalized spacial score (nSPS) is 12.1. The Morgan fingerprint density at radius 3 is 2.75 bits per heavy atom. The van der Waals surface area contributed by atoms with Crippen molar-refractivity contribution in [3.05, 3.63) is 64.4 Å². The van der Waals surface area contributed by atoms with E-state index in [4.69, 9.17) is 16.3 Å². The molecule has 8 nitrogen and oxygen atoms in total. The number of aromatic nitrogens is 2. The predicted molar refractivity (Wildman–Crippen MR) is 105 cm³/mol. The lowest BCUT2D eigenvalue weighted by Gasteiger charge is -2.16. The number of amides is 3. The fourth-order valence-corrected chi connectivity index (χ4v) is 3.37. The highest BCUT2D eigenvalue weighted by Crippen LogP contribution is 2.23. The van der Waals surface area contributed by atoms with Crippen LogP contribution in [0.2, 0.25) is 5.15 Å². The van der Waals surface area contributed by atoms with E-state index < -0.39 is 24.0 Å². The van der Waals surface area contributed by atoms with Crippen molar-refractivity contribution in [1.29, 1.82) is 0 Å². The van der Waals surface area contributed by atoms with Crippen LogP contribution in [0.5, 0.6) is 0 Å². The molecule has 3 amide bonds. The number of ether oxygens (including phenoxy) is 1. The maximum Gasteiger partial charge on any atom is 0.331 e. The van der Waals surface area contributed by atoms with Crippen LogP contribution in [0.15, 0.2) is 48.0 Å². The van der Waals surface area contributed by atoms with Crippen LogP contribution in [-0.4, -0.2) is 34.3 Å². The van der Waals surface area contributed by atoms with Crippen molar-refractivity contribution in [3.63, 3.8) is 0 Å². The molecule has 28 heavy (non-hydrogen) atoms. The maximum absolute atomic E-state index is 12.4. The monoisotopic (exact) mass is 418 g/mol. The topological polar surface area (TPSA) is 102 Å². The molecular weight excluding hydrogens is 404 g/mol. The summed E-state index contributed by atoms with van der Waals surface area (Å²) in [7, 11) is 1.37. The van der Waals surface area contributed by atoms with Gasteiger partial charge in [-0.25, -0.2) is 14.6 Å². The molecule has 0 aliphatic carbocycles. The maximum atomic E-state index is 12.4. The molecule has 0 radical (unpaired) electrons. The zero-order chi connectivity index (χ0) is 20.1. The lowest BCUT2D eigenvalue weighted by atomic mass is 10.1. The molecule has 2 aromatic heterocycles. The number of benzene rings is 1. The van der Waals surface area contributed by atoms with Crippen molar-refractivity contribution >= 4 is 51.9 Å². The number of halogens is 1. The average molecular weight is 419 g/mol. The van der Waals surface area contributed by atoms with Gasteiger partial charge in [-0.2, -0.15) is 0 Å². The van der Waals surface area contributed by atoms with E-state index in [0.29, 0.717) is 16.2 Å². The largest absolute Gasteiger partial charge is 0.444 e. The number of imide groups is 1. The Morgan fingerprint density at radius 2 is 2.04 bits per heavy atom. The van der Waals surface area contributed by atoms with E-state index in [9.17, 15) is 14.4 Å². The van der Waals surface area contributed by atoms with Gasteiger partial charge >= 0.3 is 12.0 Å². The van der Waals surface area contributed by atoms with Crippen LogP contribution < -0.4 is 10.6 Å². The third kappa shape index (κ3) is 4.38. The van der Waals surface area contributed by atoms with Gasteiger partial charge in [0.15, 0.2) is 10.1 Å². The third-order valence-electron chi connectivity index (χ3n) is 3.67. The van der Waals surface area contributed by atoms with Gasteiger partial charge in [-0.3, -0.25) is 14.5 Å². The number of rotatable bonds is 5. The summed E-state index contributed by atoms with van der Waals surface area (Å²) in [4.78, 5) is 41.0. The Morgan fingerprint density at radius 1 is 1.29 bits per heavy atom. The summed E-state index contributed by atoms with van der Waals surface area (Å²) >= 11 is 7.48. The number of carbonyl (C=O) groups excluding carboxylic acids is 3. The number of urea groups is 1. The van der Waals surface area contributed by atoms with Crippen LogP contribution in [0.4, 0.5) is 4.79 Å². The number of hydrogen-bond donors (Lipinski definition) is 2. The van der Waals surface area contributed by atoms with E-state index in [1.807, 2.05) is 5.38 Å². The van der Waals surface area contributed by atoms with Crippen LogP contribution >= 0.6 is 22.9 Å². The Hall–Kier alpha value is -3.17. The molecular formula is C18H15ClN4O4S. The zero-order valence-electron chi connectivity index (χ0n) is 14.6. The van der Waals surface area contributed by atoms with Crippen molar-refractivity contribution in [1.82, 2.24) is 20.0 Å². The first-order valence-electron chi connectivity index (χ1n) is 8.07. The molecule has 10 heteroatoms.